The van der Waals surface area contributed by atoms with Crippen LogP contribution in [0.1, 0.15) is 5.56 Å². The van der Waals surface area contributed by atoms with Gasteiger partial charge in [0.2, 0.25) is 0 Å². The van der Waals surface area contributed by atoms with E-state index in [0.29, 0.717) is 0 Å². The molecular weight excluding hydrogens is 274 g/mol. The van der Waals surface area contributed by atoms with E-state index < -0.39 is 28.3 Å². The first-order valence-electron chi connectivity index (χ1n) is 5.24. The van der Waals surface area contributed by atoms with Crippen LogP contribution in [0.25, 0.3) is 0 Å². The summed E-state index contributed by atoms with van der Waals surface area (Å²) in [4.78, 5) is 21.1. The molecule has 0 aliphatic rings. The van der Waals surface area contributed by atoms with Gasteiger partial charge in [0, 0.05) is 23.9 Å². The lowest BCUT2D eigenvalue weighted by Crippen LogP contribution is -2.44. The second kappa shape index (κ2) is 6.92. The Bertz CT molecular complexity index is 482. The molecule has 104 valence electrons. The maximum Gasteiger partial charge on any atom is 0.311 e. The maximum atomic E-state index is 11.2. The van der Waals surface area contributed by atoms with E-state index in [1.165, 1.54) is 23.7 Å². The van der Waals surface area contributed by atoms with Crippen LogP contribution in [0.15, 0.2) is 18.2 Å². The molecule has 0 spiro atoms. The van der Waals surface area contributed by atoms with Gasteiger partial charge in [0.15, 0.2) is 5.75 Å². The highest BCUT2D eigenvalue weighted by Crippen LogP contribution is 2.29. The minimum Gasteiger partial charge on any atom is -0.502 e. The van der Waals surface area contributed by atoms with Gasteiger partial charge in [0.05, 0.1) is 11.0 Å². The normalized spacial score (nSPS) is 11.9. The molecule has 1 aromatic carbocycles. The molecule has 0 fully saturated rings. The number of hydroxylamine groups is 1. The van der Waals surface area contributed by atoms with Crippen molar-refractivity contribution in [3.63, 3.8) is 0 Å². The Kier molecular flexibility index (Phi) is 5.55. The smallest absolute Gasteiger partial charge is 0.311 e. The number of benzene rings is 1. The van der Waals surface area contributed by atoms with Crippen molar-refractivity contribution in [3.8, 4) is 5.75 Å². The summed E-state index contributed by atoms with van der Waals surface area (Å²) in [7, 11) is 0. The predicted molar refractivity (Wildman–Crippen MR) is 69.2 cm³/mol. The van der Waals surface area contributed by atoms with E-state index in [9.17, 15) is 20.0 Å². The third-order valence-electron chi connectivity index (χ3n) is 2.44. The Hall–Kier alpha value is -1.84. The van der Waals surface area contributed by atoms with Crippen molar-refractivity contribution in [3.05, 3.63) is 33.9 Å². The number of hydrogen-bond donors (Lipinski definition) is 5. The quantitative estimate of drug-likeness (QED) is 0.220. The molecule has 0 saturated carbocycles. The molecule has 0 aliphatic carbocycles. The molecule has 1 aromatic rings. The fourth-order valence-corrected chi connectivity index (χ4v) is 1.71. The third-order valence-corrected chi connectivity index (χ3v) is 2.81. The molecule has 19 heavy (non-hydrogen) atoms. The number of nitrogens with zero attached hydrogens (tertiary/aromatic N) is 1. The van der Waals surface area contributed by atoms with Crippen molar-refractivity contribution in [2.24, 2.45) is 0 Å². The van der Waals surface area contributed by atoms with Gasteiger partial charge in [-0.05, 0) is 0 Å². The number of rotatable bonds is 6. The SMILES string of the molecule is O=C(NO)[C@H](CS)NCc1cccc([N+](=O)[O-])c1O. The van der Waals surface area contributed by atoms with Crippen molar-refractivity contribution in [2.45, 2.75) is 12.6 Å². The third kappa shape index (κ3) is 3.81. The van der Waals surface area contributed by atoms with E-state index in [1.807, 2.05) is 0 Å². The Balaban J connectivity index is 2.80. The van der Waals surface area contributed by atoms with Gasteiger partial charge in [-0.15, -0.1) is 0 Å². The Morgan fingerprint density at radius 1 is 1.53 bits per heavy atom. The second-order valence-corrected chi connectivity index (χ2v) is 4.00. The first kappa shape index (κ1) is 15.2. The van der Waals surface area contributed by atoms with E-state index in [-0.39, 0.29) is 17.9 Å². The molecule has 0 bridgehead atoms. The number of aromatic hydroxyl groups is 1. The highest BCUT2D eigenvalue weighted by Gasteiger charge is 2.19. The van der Waals surface area contributed by atoms with Crippen LogP contribution in [0.3, 0.4) is 0 Å². The summed E-state index contributed by atoms with van der Waals surface area (Å²) in [6, 6.07) is 3.31. The summed E-state index contributed by atoms with van der Waals surface area (Å²) in [6.45, 7) is 0.0200. The zero-order valence-corrected chi connectivity index (χ0v) is 10.6. The molecule has 1 rings (SSSR count). The van der Waals surface area contributed by atoms with Crippen LogP contribution in [0.2, 0.25) is 0 Å². The van der Waals surface area contributed by atoms with Crippen LogP contribution >= 0.6 is 12.6 Å². The number of phenols is 1. The largest absolute Gasteiger partial charge is 0.502 e. The molecule has 1 amide bonds. The van der Waals surface area contributed by atoms with E-state index >= 15 is 0 Å². The number of thiol groups is 1. The molecule has 4 N–H and O–H groups in total. The molecule has 0 saturated heterocycles. The van der Waals surface area contributed by atoms with Gasteiger partial charge in [-0.25, -0.2) is 5.48 Å². The summed E-state index contributed by atoms with van der Waals surface area (Å²) in [5.41, 5.74) is 1.34. The monoisotopic (exact) mass is 287 g/mol. The summed E-state index contributed by atoms with van der Waals surface area (Å²) in [5.74, 6) is -1.02. The minimum atomic E-state index is -0.785. The number of carbonyl (C=O) groups excluding carboxylic acids is 1. The first-order chi connectivity index (χ1) is 9.01. The molecule has 8 nitrogen and oxygen atoms in total. The van der Waals surface area contributed by atoms with Crippen molar-refractivity contribution in [1.82, 2.24) is 10.8 Å². The van der Waals surface area contributed by atoms with Crippen LogP contribution < -0.4 is 10.8 Å². The summed E-state index contributed by atoms with van der Waals surface area (Å²) >= 11 is 3.93. The molecular formula is C10H13N3O5S. The number of nitro groups is 1. The second-order valence-electron chi connectivity index (χ2n) is 3.63. The number of nitrogens with one attached hydrogen (secondary N) is 2. The van der Waals surface area contributed by atoms with Crippen molar-refractivity contribution >= 4 is 24.2 Å². The van der Waals surface area contributed by atoms with Gasteiger partial charge in [-0.1, -0.05) is 12.1 Å². The number of hydrogen-bond acceptors (Lipinski definition) is 7. The number of amides is 1. The van der Waals surface area contributed by atoms with Crippen LogP contribution in [0.4, 0.5) is 5.69 Å². The Morgan fingerprint density at radius 3 is 2.74 bits per heavy atom. The summed E-state index contributed by atoms with van der Waals surface area (Å²) < 4.78 is 0. The van der Waals surface area contributed by atoms with Gasteiger partial charge >= 0.3 is 5.69 Å². The average molecular weight is 287 g/mol. The topological polar surface area (TPSA) is 125 Å². The fraction of sp³-hybridized carbons (Fsp3) is 0.300. The number of carbonyl (C=O) groups is 1. The highest BCUT2D eigenvalue weighted by atomic mass is 32.1. The van der Waals surface area contributed by atoms with Gasteiger partial charge in [-0.3, -0.25) is 20.1 Å². The molecule has 0 unspecified atom stereocenters. The predicted octanol–water partition coefficient (Wildman–Crippen LogP) is 0.194. The van der Waals surface area contributed by atoms with Gasteiger partial charge in [0.1, 0.15) is 0 Å². The Labute approximate surface area is 114 Å². The van der Waals surface area contributed by atoms with Gasteiger partial charge in [-0.2, -0.15) is 12.6 Å². The lowest BCUT2D eigenvalue weighted by atomic mass is 10.1. The lowest BCUT2D eigenvalue weighted by Gasteiger charge is -2.14. The highest BCUT2D eigenvalue weighted by molar-refractivity contribution is 7.80. The van der Waals surface area contributed by atoms with Gasteiger partial charge < -0.3 is 10.4 Å². The average Bonchev–Trinajstić information content (AvgIpc) is 2.40. The lowest BCUT2D eigenvalue weighted by molar-refractivity contribution is -0.385. The van der Waals surface area contributed by atoms with Crippen molar-refractivity contribution < 1.29 is 20.0 Å². The van der Waals surface area contributed by atoms with Crippen LogP contribution in [0, 0.1) is 10.1 Å². The van der Waals surface area contributed by atoms with Gasteiger partial charge in [0.25, 0.3) is 5.91 Å². The van der Waals surface area contributed by atoms with E-state index in [4.69, 9.17) is 5.21 Å². The summed E-state index contributed by atoms with van der Waals surface area (Å²) in [5, 5.41) is 31.5. The molecule has 0 aromatic heterocycles. The standard InChI is InChI=1S/C10H13N3O5S/c14-9-6(2-1-3-8(9)13(17)18)4-11-7(5-19)10(15)12-16/h1-3,7,11,14,16,19H,4-5H2,(H,12,15)/t7-/m0/s1. The maximum absolute atomic E-state index is 11.2. The molecule has 0 radical (unpaired) electrons. The van der Waals surface area contributed by atoms with E-state index in [2.05, 4.69) is 17.9 Å². The first-order valence-corrected chi connectivity index (χ1v) is 5.88. The van der Waals surface area contributed by atoms with E-state index in [0.717, 1.165) is 0 Å². The zero-order valence-electron chi connectivity index (χ0n) is 9.74. The summed E-state index contributed by atoms with van der Waals surface area (Å²) in [6.07, 6.45) is 0. The Morgan fingerprint density at radius 2 is 2.21 bits per heavy atom. The fourth-order valence-electron chi connectivity index (χ4n) is 1.42. The number of nitro benzene ring substituents is 1. The van der Waals surface area contributed by atoms with Crippen molar-refractivity contribution in [2.75, 3.05) is 5.75 Å². The molecule has 0 aliphatic heterocycles. The van der Waals surface area contributed by atoms with Crippen molar-refractivity contribution in [1.29, 1.82) is 0 Å². The van der Waals surface area contributed by atoms with Crippen LogP contribution in [0.5, 0.6) is 5.75 Å². The molecule has 0 heterocycles. The van der Waals surface area contributed by atoms with Crippen LogP contribution in [-0.4, -0.2) is 32.9 Å². The van der Waals surface area contributed by atoms with Crippen LogP contribution in [-0.2, 0) is 11.3 Å². The molecule has 1 atom stereocenters. The number of para-hydroxylation sites is 1. The number of phenolic OH excluding ortho intramolecular Hbond substituents is 1. The zero-order chi connectivity index (χ0) is 14.4. The molecule has 9 heteroatoms. The van der Waals surface area contributed by atoms with E-state index in [1.54, 1.807) is 0 Å². The minimum absolute atomic E-state index is 0.0200.